The number of aryl methyl sites for hydroxylation is 4. The fraction of sp³-hybridized carbons (Fsp3) is 0.156. The quantitative estimate of drug-likeness (QED) is 0.254. The minimum Gasteiger partial charge on any atom is -0.292 e. The summed E-state index contributed by atoms with van der Waals surface area (Å²) in [5, 5.41) is 3.73. The summed E-state index contributed by atoms with van der Waals surface area (Å²) in [5.41, 5.74) is 12.5. The molecular weight excluding hydrogens is 412 g/mol. The van der Waals surface area contributed by atoms with Crippen molar-refractivity contribution in [3.8, 4) is 11.3 Å². The number of nitrogens with zero attached hydrogens (tertiary/aromatic N) is 2. The Bertz CT molecular complexity index is 1680. The van der Waals surface area contributed by atoms with Crippen molar-refractivity contribution >= 4 is 27.3 Å². The number of hydrogen-bond acceptors (Lipinski definition) is 1. The van der Waals surface area contributed by atoms with Gasteiger partial charge in [-0.2, -0.15) is 0 Å². The topological polar surface area (TPSA) is 17.3 Å². The Morgan fingerprint density at radius 2 is 1.38 bits per heavy atom. The van der Waals surface area contributed by atoms with Gasteiger partial charge in [-0.15, -0.1) is 0 Å². The SMILES string of the molecule is Cc1cc(C)c(-c2cnc3c4ccc(Cc5ccccc5)cc4c4ccc(C)cc4n23)c(C)c1. The van der Waals surface area contributed by atoms with Crippen LogP contribution < -0.4 is 0 Å². The molecule has 0 atom stereocenters. The van der Waals surface area contributed by atoms with Crippen molar-refractivity contribution in [1.82, 2.24) is 9.38 Å². The minimum atomic E-state index is 0.927. The van der Waals surface area contributed by atoms with Crippen LogP contribution in [0, 0.1) is 27.7 Å². The largest absolute Gasteiger partial charge is 0.292 e. The zero-order valence-corrected chi connectivity index (χ0v) is 20.2. The highest BCUT2D eigenvalue weighted by molar-refractivity contribution is 6.12. The van der Waals surface area contributed by atoms with Gasteiger partial charge in [-0.1, -0.05) is 78.4 Å². The van der Waals surface area contributed by atoms with Gasteiger partial charge in [0.15, 0.2) is 0 Å². The normalized spacial score (nSPS) is 11.6. The fourth-order valence-corrected chi connectivity index (χ4v) is 5.55. The summed E-state index contributed by atoms with van der Waals surface area (Å²) in [7, 11) is 0. The fourth-order valence-electron chi connectivity index (χ4n) is 5.55. The first-order valence-electron chi connectivity index (χ1n) is 11.9. The Labute approximate surface area is 200 Å². The molecule has 2 aromatic heterocycles. The van der Waals surface area contributed by atoms with Gasteiger partial charge in [0.2, 0.25) is 0 Å². The maximum atomic E-state index is 4.98. The monoisotopic (exact) mass is 440 g/mol. The summed E-state index contributed by atoms with van der Waals surface area (Å²) in [4.78, 5) is 4.98. The van der Waals surface area contributed by atoms with Crippen LogP contribution in [0.1, 0.15) is 33.4 Å². The number of pyridine rings is 1. The van der Waals surface area contributed by atoms with Crippen LogP contribution in [0.15, 0.2) is 85.1 Å². The Morgan fingerprint density at radius 1 is 0.647 bits per heavy atom. The molecule has 0 N–H and O–H groups in total. The van der Waals surface area contributed by atoms with E-state index in [9.17, 15) is 0 Å². The lowest BCUT2D eigenvalue weighted by molar-refractivity contribution is 1.20. The number of aromatic nitrogens is 2. The molecule has 0 unspecified atom stereocenters. The van der Waals surface area contributed by atoms with Crippen LogP contribution in [0.4, 0.5) is 0 Å². The molecule has 0 aliphatic heterocycles. The average Bonchev–Trinajstić information content (AvgIpc) is 3.24. The van der Waals surface area contributed by atoms with E-state index < -0.39 is 0 Å². The molecule has 0 aliphatic carbocycles. The average molecular weight is 441 g/mol. The molecule has 6 rings (SSSR count). The lowest BCUT2D eigenvalue weighted by atomic mass is 9.96. The maximum absolute atomic E-state index is 4.98. The Hall–Kier alpha value is -3.91. The lowest BCUT2D eigenvalue weighted by Crippen LogP contribution is -1.98. The van der Waals surface area contributed by atoms with E-state index in [-0.39, 0.29) is 0 Å². The molecule has 2 nitrogen and oxygen atoms in total. The van der Waals surface area contributed by atoms with E-state index in [1.54, 1.807) is 0 Å². The van der Waals surface area contributed by atoms with E-state index in [0.29, 0.717) is 0 Å². The molecule has 0 saturated carbocycles. The molecule has 4 aromatic carbocycles. The number of fused-ring (bicyclic) bond motifs is 6. The van der Waals surface area contributed by atoms with Gasteiger partial charge in [0.25, 0.3) is 0 Å². The smallest absolute Gasteiger partial charge is 0.145 e. The summed E-state index contributed by atoms with van der Waals surface area (Å²) >= 11 is 0. The third-order valence-corrected chi connectivity index (χ3v) is 6.96. The number of rotatable bonds is 3. The molecule has 0 spiro atoms. The number of imidazole rings is 1. The van der Waals surface area contributed by atoms with Gasteiger partial charge in [0.1, 0.15) is 5.65 Å². The van der Waals surface area contributed by atoms with Crippen molar-refractivity contribution in [2.75, 3.05) is 0 Å². The van der Waals surface area contributed by atoms with Gasteiger partial charge >= 0.3 is 0 Å². The van der Waals surface area contributed by atoms with Crippen LogP contribution in [-0.4, -0.2) is 9.38 Å². The first kappa shape index (κ1) is 20.7. The third kappa shape index (κ3) is 3.30. The van der Waals surface area contributed by atoms with Gasteiger partial charge < -0.3 is 0 Å². The predicted octanol–water partition coefficient (Wildman–Crippen LogP) is 8.13. The first-order chi connectivity index (χ1) is 16.5. The van der Waals surface area contributed by atoms with Gasteiger partial charge in [-0.3, -0.25) is 4.40 Å². The molecule has 2 heteroatoms. The third-order valence-electron chi connectivity index (χ3n) is 6.96. The van der Waals surface area contributed by atoms with Crippen molar-refractivity contribution in [2.24, 2.45) is 0 Å². The van der Waals surface area contributed by atoms with E-state index in [1.807, 2.05) is 0 Å². The van der Waals surface area contributed by atoms with Crippen LogP contribution in [0.5, 0.6) is 0 Å². The molecule has 0 aliphatic rings. The van der Waals surface area contributed by atoms with Crippen LogP contribution in [0.2, 0.25) is 0 Å². The molecule has 0 fully saturated rings. The van der Waals surface area contributed by atoms with Gasteiger partial charge in [0.05, 0.1) is 17.4 Å². The standard InChI is InChI=1S/C32H28N2/c1-20-10-12-26-28-18-25(17-24-8-6-5-7-9-24)11-13-27(28)32-33-19-30(34(32)29(26)16-20)31-22(3)14-21(2)15-23(31)4/h5-16,18-19H,17H2,1-4H3. The summed E-state index contributed by atoms with van der Waals surface area (Å²) in [5.74, 6) is 0. The van der Waals surface area contributed by atoms with E-state index >= 15 is 0 Å². The molecule has 0 radical (unpaired) electrons. The Balaban J connectivity index is 1.67. The number of benzene rings is 4. The van der Waals surface area contributed by atoms with E-state index in [0.717, 1.165) is 17.8 Å². The molecule has 2 heterocycles. The summed E-state index contributed by atoms with van der Waals surface area (Å²) < 4.78 is 2.37. The van der Waals surface area contributed by atoms with Crippen LogP contribution in [-0.2, 0) is 6.42 Å². The van der Waals surface area contributed by atoms with Crippen molar-refractivity contribution < 1.29 is 0 Å². The predicted molar refractivity (Wildman–Crippen MR) is 144 cm³/mol. The van der Waals surface area contributed by atoms with E-state index in [2.05, 4.69) is 117 Å². The number of hydrogen-bond donors (Lipinski definition) is 0. The minimum absolute atomic E-state index is 0.927. The molecule has 0 bridgehead atoms. The van der Waals surface area contributed by atoms with Crippen LogP contribution in [0.3, 0.4) is 0 Å². The second kappa shape index (κ2) is 7.85. The Kier molecular flexibility index (Phi) is 4.77. The summed E-state index contributed by atoms with van der Waals surface area (Å²) in [6, 6.07) is 28.9. The molecule has 6 aromatic rings. The molecular formula is C32H28N2. The summed E-state index contributed by atoms with van der Waals surface area (Å²) in [6.07, 6.45) is 2.98. The highest BCUT2D eigenvalue weighted by Crippen LogP contribution is 2.36. The first-order valence-corrected chi connectivity index (χ1v) is 11.9. The maximum Gasteiger partial charge on any atom is 0.145 e. The van der Waals surface area contributed by atoms with E-state index in [4.69, 9.17) is 4.98 Å². The van der Waals surface area contributed by atoms with Crippen LogP contribution in [0.25, 0.3) is 38.6 Å². The second-order valence-corrected chi connectivity index (χ2v) is 9.64. The van der Waals surface area contributed by atoms with Crippen molar-refractivity contribution in [3.05, 3.63) is 118 Å². The molecule has 166 valence electrons. The zero-order chi connectivity index (χ0) is 23.4. The Morgan fingerprint density at radius 3 is 2.15 bits per heavy atom. The highest BCUT2D eigenvalue weighted by atomic mass is 15.0. The van der Waals surface area contributed by atoms with Gasteiger partial charge in [0, 0.05) is 16.3 Å². The van der Waals surface area contributed by atoms with Crippen LogP contribution >= 0.6 is 0 Å². The van der Waals surface area contributed by atoms with E-state index in [1.165, 1.54) is 60.6 Å². The molecule has 34 heavy (non-hydrogen) atoms. The second-order valence-electron chi connectivity index (χ2n) is 9.64. The summed E-state index contributed by atoms with van der Waals surface area (Å²) in [6.45, 7) is 8.75. The van der Waals surface area contributed by atoms with Crippen molar-refractivity contribution in [1.29, 1.82) is 0 Å². The van der Waals surface area contributed by atoms with Gasteiger partial charge in [-0.25, -0.2) is 4.98 Å². The van der Waals surface area contributed by atoms with Gasteiger partial charge in [-0.05, 0) is 73.4 Å². The molecule has 0 saturated heterocycles. The van der Waals surface area contributed by atoms with Crippen molar-refractivity contribution in [2.45, 2.75) is 34.1 Å². The molecule has 0 amide bonds. The lowest BCUT2D eigenvalue weighted by Gasteiger charge is -2.15. The van der Waals surface area contributed by atoms with Crippen molar-refractivity contribution in [3.63, 3.8) is 0 Å². The highest BCUT2D eigenvalue weighted by Gasteiger charge is 2.17. The zero-order valence-electron chi connectivity index (χ0n) is 20.2.